The number of nitrogens with zero attached hydrogens (tertiary/aromatic N) is 2. The molecule has 1 fully saturated rings. The lowest BCUT2D eigenvalue weighted by molar-refractivity contribution is -0.138. The molecule has 0 radical (unpaired) electrons. The van der Waals surface area contributed by atoms with Crippen molar-refractivity contribution in [1.82, 2.24) is 9.80 Å². The van der Waals surface area contributed by atoms with E-state index in [-0.39, 0.29) is 30.3 Å². The van der Waals surface area contributed by atoms with E-state index in [9.17, 15) is 14.4 Å². The molecule has 0 spiro atoms. The summed E-state index contributed by atoms with van der Waals surface area (Å²) in [5, 5.41) is 5.75. The zero-order chi connectivity index (χ0) is 22.4. The van der Waals surface area contributed by atoms with Crippen molar-refractivity contribution < 1.29 is 14.4 Å². The van der Waals surface area contributed by atoms with Gasteiger partial charge in [-0.1, -0.05) is 30.3 Å². The molecule has 2 aromatic rings. The quantitative estimate of drug-likeness (QED) is 0.772. The van der Waals surface area contributed by atoms with Gasteiger partial charge < -0.3 is 20.4 Å². The van der Waals surface area contributed by atoms with Crippen molar-refractivity contribution in [2.75, 3.05) is 37.3 Å². The van der Waals surface area contributed by atoms with Crippen LogP contribution in [-0.2, 0) is 9.59 Å². The van der Waals surface area contributed by atoms with Crippen LogP contribution >= 0.6 is 0 Å². The first-order chi connectivity index (χ1) is 14.8. The lowest BCUT2D eigenvalue weighted by Crippen LogP contribution is -2.48. The number of nitrogens with one attached hydrogen (secondary N) is 2. The SMILES string of the molecule is Cc1cccc(NC(=O)CN(C)C(=O)C2CCCN(C(=O)Nc3ccccc3)C2)c1C. The molecule has 0 saturated carbocycles. The highest BCUT2D eigenvalue weighted by Crippen LogP contribution is 2.21. The van der Waals surface area contributed by atoms with Gasteiger partial charge in [-0.25, -0.2) is 4.79 Å². The molecule has 4 amide bonds. The molecule has 1 atom stereocenters. The van der Waals surface area contributed by atoms with Gasteiger partial charge in [0, 0.05) is 31.5 Å². The monoisotopic (exact) mass is 422 g/mol. The first kappa shape index (κ1) is 22.3. The third-order valence-electron chi connectivity index (χ3n) is 5.72. The second-order valence-corrected chi connectivity index (χ2v) is 8.07. The summed E-state index contributed by atoms with van der Waals surface area (Å²) in [5.41, 5.74) is 3.59. The van der Waals surface area contributed by atoms with Crippen molar-refractivity contribution in [1.29, 1.82) is 0 Å². The minimum atomic E-state index is -0.311. The minimum absolute atomic E-state index is 0.0288. The molecular weight excluding hydrogens is 392 g/mol. The van der Waals surface area contributed by atoms with Crippen LogP contribution in [0.5, 0.6) is 0 Å². The van der Waals surface area contributed by atoms with E-state index < -0.39 is 0 Å². The minimum Gasteiger partial charge on any atom is -0.336 e. The number of rotatable bonds is 5. The van der Waals surface area contributed by atoms with Gasteiger partial charge in [0.2, 0.25) is 11.8 Å². The number of likely N-dealkylation sites (N-methyl/N-ethyl adjacent to an activating group) is 1. The van der Waals surface area contributed by atoms with E-state index in [0.717, 1.165) is 28.9 Å². The summed E-state index contributed by atoms with van der Waals surface area (Å²) in [6.07, 6.45) is 1.46. The van der Waals surface area contributed by atoms with Crippen LogP contribution in [0.2, 0.25) is 0 Å². The molecule has 0 aromatic heterocycles. The topological polar surface area (TPSA) is 81.8 Å². The Morgan fingerprint density at radius 2 is 1.77 bits per heavy atom. The van der Waals surface area contributed by atoms with Crippen molar-refractivity contribution in [3.8, 4) is 0 Å². The van der Waals surface area contributed by atoms with Crippen LogP contribution in [0.4, 0.5) is 16.2 Å². The van der Waals surface area contributed by atoms with E-state index in [4.69, 9.17) is 0 Å². The summed E-state index contributed by atoms with van der Waals surface area (Å²) in [5.74, 6) is -0.666. The Balaban J connectivity index is 1.54. The molecule has 7 heteroatoms. The van der Waals surface area contributed by atoms with Crippen LogP contribution in [0, 0.1) is 19.8 Å². The molecule has 0 bridgehead atoms. The normalized spacial score (nSPS) is 15.8. The molecule has 7 nitrogen and oxygen atoms in total. The predicted octanol–water partition coefficient (Wildman–Crippen LogP) is 3.64. The summed E-state index contributed by atoms with van der Waals surface area (Å²) in [6, 6.07) is 14.8. The van der Waals surface area contributed by atoms with Gasteiger partial charge in [-0.15, -0.1) is 0 Å². The van der Waals surface area contributed by atoms with Crippen LogP contribution in [-0.4, -0.2) is 54.3 Å². The fourth-order valence-corrected chi connectivity index (χ4v) is 3.77. The fourth-order valence-electron chi connectivity index (χ4n) is 3.77. The van der Waals surface area contributed by atoms with E-state index in [1.165, 1.54) is 4.90 Å². The first-order valence-corrected chi connectivity index (χ1v) is 10.6. The number of hydrogen-bond donors (Lipinski definition) is 2. The third-order valence-corrected chi connectivity index (χ3v) is 5.72. The van der Waals surface area contributed by atoms with Gasteiger partial charge in [-0.2, -0.15) is 0 Å². The van der Waals surface area contributed by atoms with Gasteiger partial charge in [0.25, 0.3) is 0 Å². The average molecular weight is 423 g/mol. The summed E-state index contributed by atoms with van der Waals surface area (Å²) in [4.78, 5) is 41.1. The first-order valence-electron chi connectivity index (χ1n) is 10.6. The molecule has 164 valence electrons. The highest BCUT2D eigenvalue weighted by atomic mass is 16.2. The maximum Gasteiger partial charge on any atom is 0.321 e. The Hall–Kier alpha value is -3.35. The molecule has 1 saturated heterocycles. The molecule has 1 heterocycles. The highest BCUT2D eigenvalue weighted by Gasteiger charge is 2.30. The Morgan fingerprint density at radius 3 is 2.52 bits per heavy atom. The number of anilines is 2. The number of carbonyl (C=O) groups is 3. The van der Waals surface area contributed by atoms with Gasteiger partial charge in [0.1, 0.15) is 0 Å². The zero-order valence-electron chi connectivity index (χ0n) is 18.4. The van der Waals surface area contributed by atoms with Gasteiger partial charge in [-0.3, -0.25) is 9.59 Å². The molecule has 2 aromatic carbocycles. The van der Waals surface area contributed by atoms with Crippen LogP contribution in [0.1, 0.15) is 24.0 Å². The Bertz CT molecular complexity index is 945. The van der Waals surface area contributed by atoms with Crippen molar-refractivity contribution in [2.24, 2.45) is 5.92 Å². The Morgan fingerprint density at radius 1 is 1.03 bits per heavy atom. The van der Waals surface area contributed by atoms with Crippen molar-refractivity contribution in [3.63, 3.8) is 0 Å². The number of hydrogen-bond acceptors (Lipinski definition) is 3. The maximum absolute atomic E-state index is 12.9. The van der Waals surface area contributed by atoms with Crippen LogP contribution in [0.15, 0.2) is 48.5 Å². The van der Waals surface area contributed by atoms with E-state index >= 15 is 0 Å². The summed E-state index contributed by atoms with van der Waals surface area (Å²) in [6.45, 7) is 4.87. The lowest BCUT2D eigenvalue weighted by Gasteiger charge is -2.33. The summed E-state index contributed by atoms with van der Waals surface area (Å²) in [7, 11) is 1.63. The van der Waals surface area contributed by atoms with Crippen molar-refractivity contribution in [3.05, 3.63) is 59.7 Å². The number of benzene rings is 2. The molecule has 31 heavy (non-hydrogen) atoms. The van der Waals surface area contributed by atoms with Crippen molar-refractivity contribution >= 4 is 29.2 Å². The number of likely N-dealkylation sites (tertiary alicyclic amines) is 1. The standard InChI is InChI=1S/C24H30N4O3/c1-17-9-7-13-21(18(17)2)26-22(29)16-27(3)23(30)19-10-8-14-28(15-19)24(31)25-20-11-5-4-6-12-20/h4-7,9,11-13,19H,8,10,14-16H2,1-3H3,(H,25,31)(H,26,29). The van der Waals surface area contributed by atoms with E-state index in [1.807, 2.05) is 62.4 Å². The Labute approximate surface area is 183 Å². The van der Waals surface area contributed by atoms with Gasteiger partial charge in [0.05, 0.1) is 12.5 Å². The summed E-state index contributed by atoms with van der Waals surface area (Å²) < 4.78 is 0. The van der Waals surface area contributed by atoms with Gasteiger partial charge in [-0.05, 0) is 56.0 Å². The smallest absolute Gasteiger partial charge is 0.321 e. The van der Waals surface area contributed by atoms with Crippen LogP contribution in [0.3, 0.4) is 0 Å². The molecule has 2 N–H and O–H groups in total. The Kier molecular flexibility index (Phi) is 7.28. The van der Waals surface area contributed by atoms with E-state index in [2.05, 4.69) is 10.6 Å². The largest absolute Gasteiger partial charge is 0.336 e. The molecule has 1 aliphatic heterocycles. The van der Waals surface area contributed by atoms with Gasteiger partial charge in [0.15, 0.2) is 0 Å². The second kappa shape index (κ2) is 10.1. The van der Waals surface area contributed by atoms with E-state index in [1.54, 1.807) is 11.9 Å². The molecular formula is C24H30N4O3. The van der Waals surface area contributed by atoms with Crippen molar-refractivity contribution in [2.45, 2.75) is 26.7 Å². The molecule has 1 aliphatic rings. The number of para-hydroxylation sites is 1. The third kappa shape index (κ3) is 5.84. The maximum atomic E-state index is 12.9. The molecule has 1 unspecified atom stereocenters. The second-order valence-electron chi connectivity index (χ2n) is 8.07. The zero-order valence-corrected chi connectivity index (χ0v) is 18.4. The molecule has 0 aliphatic carbocycles. The predicted molar refractivity (Wildman–Crippen MR) is 122 cm³/mol. The average Bonchev–Trinajstić information content (AvgIpc) is 2.77. The van der Waals surface area contributed by atoms with E-state index in [0.29, 0.717) is 19.5 Å². The number of amides is 4. The lowest BCUT2D eigenvalue weighted by atomic mass is 9.97. The highest BCUT2D eigenvalue weighted by molar-refractivity contribution is 5.95. The fraction of sp³-hybridized carbons (Fsp3) is 0.375. The number of piperidine rings is 1. The van der Waals surface area contributed by atoms with Crippen LogP contribution < -0.4 is 10.6 Å². The summed E-state index contributed by atoms with van der Waals surface area (Å²) >= 11 is 0. The number of aryl methyl sites for hydroxylation is 1. The number of urea groups is 1. The van der Waals surface area contributed by atoms with Crippen LogP contribution in [0.25, 0.3) is 0 Å². The van der Waals surface area contributed by atoms with Gasteiger partial charge >= 0.3 is 6.03 Å². The number of carbonyl (C=O) groups excluding carboxylic acids is 3. The molecule has 3 rings (SSSR count).